The zero-order valence-electron chi connectivity index (χ0n) is 14.3. The van der Waals surface area contributed by atoms with Crippen LogP contribution in [0.5, 0.6) is 0 Å². The first kappa shape index (κ1) is 21.2. The van der Waals surface area contributed by atoms with Crippen molar-refractivity contribution in [1.82, 2.24) is 5.32 Å². The van der Waals surface area contributed by atoms with Gasteiger partial charge >= 0.3 is 11.9 Å². The van der Waals surface area contributed by atoms with Crippen molar-refractivity contribution >= 4 is 35.3 Å². The summed E-state index contributed by atoms with van der Waals surface area (Å²) in [6.45, 7) is 2.07. The summed E-state index contributed by atoms with van der Waals surface area (Å²) in [5.41, 5.74) is 1.26. The quantitative estimate of drug-likeness (QED) is 0.654. The van der Waals surface area contributed by atoms with E-state index in [1.807, 2.05) is 30.3 Å². The topological polar surface area (TPSA) is 86.6 Å². The van der Waals surface area contributed by atoms with Crippen LogP contribution < -0.4 is 5.32 Å². The number of carboxylic acid groups (broad SMARTS) is 2. The Balaban J connectivity index is 0.000000380. The molecule has 1 aliphatic heterocycles. The molecule has 0 spiro atoms. The molecule has 1 fully saturated rings. The Labute approximate surface area is 165 Å². The van der Waals surface area contributed by atoms with Gasteiger partial charge in [-0.2, -0.15) is 0 Å². The molecule has 0 bridgehead atoms. The lowest BCUT2D eigenvalue weighted by Gasteiger charge is -2.25. The van der Waals surface area contributed by atoms with Crippen LogP contribution in [0.1, 0.15) is 24.3 Å². The maximum atomic E-state index is 13.6. The van der Waals surface area contributed by atoms with E-state index >= 15 is 0 Å². The van der Waals surface area contributed by atoms with Crippen molar-refractivity contribution < 1.29 is 24.2 Å². The lowest BCUT2D eigenvalue weighted by Crippen LogP contribution is -2.26. The predicted octanol–water partition coefficient (Wildman–Crippen LogP) is 4.25. The largest absolute Gasteiger partial charge is 0.473 e. The molecule has 0 unspecified atom stereocenters. The van der Waals surface area contributed by atoms with Crippen molar-refractivity contribution in [2.75, 3.05) is 13.1 Å². The summed E-state index contributed by atoms with van der Waals surface area (Å²) < 4.78 is 13.6. The summed E-state index contributed by atoms with van der Waals surface area (Å²) in [5.74, 6) is -3.31. The van der Waals surface area contributed by atoms with Gasteiger partial charge in [-0.1, -0.05) is 29.4 Å². The molecule has 1 aliphatic rings. The van der Waals surface area contributed by atoms with E-state index in [1.165, 1.54) is 5.56 Å². The molecule has 2 aromatic rings. The Hall–Kier alpha value is -2.09. The predicted molar refractivity (Wildman–Crippen MR) is 102 cm³/mol. The first-order chi connectivity index (χ1) is 12.9. The lowest BCUT2D eigenvalue weighted by molar-refractivity contribution is -0.159. The molecular formula is C19H19ClFNO4S. The normalized spacial score (nSPS) is 14.1. The molecule has 0 amide bonds. The molecule has 144 valence electrons. The van der Waals surface area contributed by atoms with Crippen LogP contribution in [-0.2, 0) is 9.59 Å². The first-order valence-corrected chi connectivity index (χ1v) is 9.46. The van der Waals surface area contributed by atoms with E-state index < -0.39 is 11.9 Å². The summed E-state index contributed by atoms with van der Waals surface area (Å²) >= 11 is 7.53. The van der Waals surface area contributed by atoms with Crippen molar-refractivity contribution in [3.63, 3.8) is 0 Å². The fraction of sp³-hybridized carbons (Fsp3) is 0.263. The van der Waals surface area contributed by atoms with E-state index in [-0.39, 0.29) is 5.82 Å². The van der Waals surface area contributed by atoms with Crippen molar-refractivity contribution in [2.45, 2.75) is 28.6 Å². The van der Waals surface area contributed by atoms with Crippen molar-refractivity contribution in [2.24, 2.45) is 0 Å². The lowest BCUT2D eigenvalue weighted by atomic mass is 9.90. The number of halogens is 2. The number of benzene rings is 2. The van der Waals surface area contributed by atoms with Gasteiger partial charge in [0.1, 0.15) is 5.82 Å². The summed E-state index contributed by atoms with van der Waals surface area (Å²) in [7, 11) is 0. The number of nitrogens with one attached hydrogen (secondary N) is 1. The second-order valence-corrected chi connectivity index (χ2v) is 7.42. The SMILES string of the molecule is Fc1ccc(C2CCNCC2)c(Sc2ccc(Cl)cc2)c1.O=C(O)C(=O)O. The maximum Gasteiger partial charge on any atom is 0.414 e. The fourth-order valence-corrected chi connectivity index (χ4v) is 3.87. The van der Waals surface area contributed by atoms with Crippen molar-refractivity contribution in [3.05, 3.63) is 58.9 Å². The van der Waals surface area contributed by atoms with Crippen LogP contribution in [0.15, 0.2) is 52.3 Å². The Morgan fingerprint density at radius 3 is 2.19 bits per heavy atom. The number of aliphatic carboxylic acids is 2. The average molecular weight is 412 g/mol. The van der Waals surface area contributed by atoms with Gasteiger partial charge in [0, 0.05) is 14.8 Å². The molecule has 8 heteroatoms. The van der Waals surface area contributed by atoms with Gasteiger partial charge in [0.05, 0.1) is 0 Å². The minimum absolute atomic E-state index is 0.177. The smallest absolute Gasteiger partial charge is 0.414 e. The Morgan fingerprint density at radius 2 is 1.63 bits per heavy atom. The van der Waals surface area contributed by atoms with Crippen LogP contribution in [-0.4, -0.2) is 35.2 Å². The fourth-order valence-electron chi connectivity index (χ4n) is 2.70. The molecule has 0 atom stereocenters. The number of hydrogen-bond acceptors (Lipinski definition) is 4. The molecule has 0 radical (unpaired) electrons. The standard InChI is InChI=1S/C17H17ClFNS.C2H2O4/c18-13-1-4-15(5-2-13)21-17-11-14(19)3-6-16(17)12-7-9-20-10-8-12;3-1(4)2(5)6/h1-6,11-12,20H,7-10H2;(H,3,4)(H,5,6). The molecular weight excluding hydrogens is 393 g/mol. The highest BCUT2D eigenvalue weighted by Gasteiger charge is 2.19. The van der Waals surface area contributed by atoms with Gasteiger partial charge in [0.15, 0.2) is 0 Å². The number of carbonyl (C=O) groups is 2. The Morgan fingerprint density at radius 1 is 1.04 bits per heavy atom. The third-order valence-electron chi connectivity index (χ3n) is 3.98. The first-order valence-electron chi connectivity index (χ1n) is 8.26. The number of rotatable bonds is 3. The molecule has 0 aliphatic carbocycles. The highest BCUT2D eigenvalue weighted by Crippen LogP contribution is 2.37. The van der Waals surface area contributed by atoms with E-state index in [0.29, 0.717) is 5.92 Å². The van der Waals surface area contributed by atoms with Gasteiger partial charge in [0.25, 0.3) is 0 Å². The van der Waals surface area contributed by atoms with Gasteiger partial charge in [-0.25, -0.2) is 14.0 Å². The third kappa shape index (κ3) is 6.86. The maximum absolute atomic E-state index is 13.6. The Bertz CT molecular complexity index is 783. The molecule has 1 saturated heterocycles. The molecule has 1 heterocycles. The summed E-state index contributed by atoms with van der Waals surface area (Å²) in [4.78, 5) is 20.3. The zero-order valence-corrected chi connectivity index (χ0v) is 15.9. The molecule has 2 aromatic carbocycles. The van der Waals surface area contributed by atoms with E-state index in [4.69, 9.17) is 31.4 Å². The van der Waals surface area contributed by atoms with Crippen molar-refractivity contribution in [1.29, 1.82) is 0 Å². The van der Waals surface area contributed by atoms with E-state index in [2.05, 4.69) is 5.32 Å². The summed E-state index contributed by atoms with van der Waals surface area (Å²) in [5, 5.41) is 18.9. The number of hydrogen-bond donors (Lipinski definition) is 3. The third-order valence-corrected chi connectivity index (χ3v) is 5.31. The highest BCUT2D eigenvalue weighted by atomic mass is 35.5. The van der Waals surface area contributed by atoms with Crippen LogP contribution in [0.2, 0.25) is 5.02 Å². The average Bonchev–Trinajstić information content (AvgIpc) is 2.65. The number of carboxylic acids is 2. The van der Waals surface area contributed by atoms with Crippen LogP contribution in [0.3, 0.4) is 0 Å². The summed E-state index contributed by atoms with van der Waals surface area (Å²) in [6.07, 6.45) is 2.22. The van der Waals surface area contributed by atoms with Crippen LogP contribution in [0, 0.1) is 5.82 Å². The molecule has 27 heavy (non-hydrogen) atoms. The van der Waals surface area contributed by atoms with Crippen molar-refractivity contribution in [3.8, 4) is 0 Å². The zero-order chi connectivity index (χ0) is 19.8. The van der Waals surface area contributed by atoms with E-state index in [0.717, 1.165) is 40.7 Å². The molecule has 3 rings (SSSR count). The monoisotopic (exact) mass is 411 g/mol. The van der Waals surface area contributed by atoms with Gasteiger partial charge in [-0.15, -0.1) is 0 Å². The molecule has 0 aromatic heterocycles. The highest BCUT2D eigenvalue weighted by molar-refractivity contribution is 7.99. The second kappa shape index (κ2) is 10.3. The van der Waals surface area contributed by atoms with Crippen LogP contribution in [0.4, 0.5) is 4.39 Å². The van der Waals surface area contributed by atoms with Gasteiger partial charge < -0.3 is 15.5 Å². The molecule has 5 nitrogen and oxygen atoms in total. The van der Waals surface area contributed by atoms with E-state index in [9.17, 15) is 4.39 Å². The number of piperidine rings is 1. The van der Waals surface area contributed by atoms with E-state index in [1.54, 1.807) is 23.9 Å². The van der Waals surface area contributed by atoms with Gasteiger partial charge in [-0.3, -0.25) is 0 Å². The minimum Gasteiger partial charge on any atom is -0.473 e. The minimum atomic E-state index is -1.82. The van der Waals surface area contributed by atoms with Crippen LogP contribution >= 0.6 is 23.4 Å². The van der Waals surface area contributed by atoms with Gasteiger partial charge in [-0.05, 0) is 73.8 Å². The second-order valence-electron chi connectivity index (χ2n) is 5.87. The summed E-state index contributed by atoms with van der Waals surface area (Å²) in [6, 6.07) is 12.9. The Kier molecular flexibility index (Phi) is 8.09. The molecule has 0 saturated carbocycles. The van der Waals surface area contributed by atoms with Crippen LogP contribution in [0.25, 0.3) is 0 Å². The molecule has 3 N–H and O–H groups in total. The van der Waals surface area contributed by atoms with Gasteiger partial charge in [0.2, 0.25) is 0 Å².